The summed E-state index contributed by atoms with van der Waals surface area (Å²) >= 11 is 0. The molecule has 0 N–H and O–H groups in total. The number of anilines is 1. The summed E-state index contributed by atoms with van der Waals surface area (Å²) in [5.74, 6) is -0.407. The monoisotopic (exact) mass is 508 g/mol. The van der Waals surface area contributed by atoms with Crippen molar-refractivity contribution in [3.63, 3.8) is 0 Å². The van der Waals surface area contributed by atoms with Crippen LogP contribution in [0, 0.1) is 11.7 Å². The third-order valence-electron chi connectivity index (χ3n) is 6.87. The van der Waals surface area contributed by atoms with Crippen LogP contribution in [0.5, 0.6) is 0 Å². The van der Waals surface area contributed by atoms with E-state index in [0.717, 1.165) is 37.2 Å². The van der Waals surface area contributed by atoms with E-state index in [2.05, 4.69) is 4.90 Å². The summed E-state index contributed by atoms with van der Waals surface area (Å²) in [4.78, 5) is 30.0. The van der Waals surface area contributed by atoms with Crippen molar-refractivity contribution in [3.8, 4) is 0 Å². The van der Waals surface area contributed by atoms with Gasteiger partial charge in [-0.3, -0.25) is 9.59 Å². The largest absolute Gasteiger partial charge is 0.310 e. The van der Waals surface area contributed by atoms with Crippen LogP contribution >= 0.6 is 12.4 Å². The Morgan fingerprint density at radius 1 is 1.06 bits per heavy atom. The molecule has 34 heavy (non-hydrogen) atoms. The number of halogens is 2. The first-order valence-electron chi connectivity index (χ1n) is 11.2. The van der Waals surface area contributed by atoms with E-state index in [1.807, 2.05) is 13.8 Å². The Bertz CT molecular complexity index is 1190. The zero-order valence-corrected chi connectivity index (χ0v) is 21.2. The molecule has 2 aromatic rings. The molecule has 2 heterocycles. The second-order valence-electron chi connectivity index (χ2n) is 9.52. The number of amides is 1. The number of carbonyl (C=O) groups is 2. The fourth-order valence-electron chi connectivity index (χ4n) is 4.78. The molecule has 0 spiro atoms. The number of hydrogen-bond donors (Lipinski definition) is 0. The number of sulfone groups is 1. The molecule has 0 saturated carbocycles. The lowest BCUT2D eigenvalue weighted by molar-refractivity contribution is -0.122. The Balaban J connectivity index is 0.00000324. The van der Waals surface area contributed by atoms with Gasteiger partial charge in [-0.1, -0.05) is 0 Å². The molecule has 0 atom stereocenters. The number of Topliss-reactive ketones (excluding diaryl/α,β-unsaturated/α-hetero) is 1. The normalized spacial score (nSPS) is 18.5. The van der Waals surface area contributed by atoms with Crippen molar-refractivity contribution in [1.29, 1.82) is 0 Å². The van der Waals surface area contributed by atoms with Gasteiger partial charge in [0.1, 0.15) is 5.82 Å². The van der Waals surface area contributed by atoms with Crippen molar-refractivity contribution in [1.82, 2.24) is 4.90 Å². The van der Waals surface area contributed by atoms with Gasteiger partial charge in [-0.15, -0.1) is 12.4 Å². The van der Waals surface area contributed by atoms with Crippen molar-refractivity contribution < 1.29 is 22.4 Å². The summed E-state index contributed by atoms with van der Waals surface area (Å²) in [6, 6.07) is 10.6. The van der Waals surface area contributed by atoms with Crippen LogP contribution in [0.1, 0.15) is 42.6 Å². The van der Waals surface area contributed by atoms with Gasteiger partial charge in [0.2, 0.25) is 5.91 Å². The molecule has 0 unspecified atom stereocenters. The predicted molar refractivity (Wildman–Crippen MR) is 132 cm³/mol. The zero-order valence-electron chi connectivity index (χ0n) is 19.6. The summed E-state index contributed by atoms with van der Waals surface area (Å²) in [6.45, 7) is 6.34. The van der Waals surface area contributed by atoms with Crippen LogP contribution in [0.15, 0.2) is 47.4 Å². The van der Waals surface area contributed by atoms with Crippen LogP contribution in [-0.2, 0) is 20.0 Å². The highest BCUT2D eigenvalue weighted by Crippen LogP contribution is 2.42. The van der Waals surface area contributed by atoms with E-state index < -0.39 is 15.3 Å². The standard InChI is InChI=1S/C25H29FN2O4S.ClH/c1-25(2)21-16-20(33(3,31)32)8-9-22(21)28(24(25)30)15-14-27-12-10-18(11-13-27)23(29)17-4-6-19(26)7-5-17;/h4-9,16,18H,10-15H2,1-3H3;1H. The second kappa shape index (κ2) is 9.76. The van der Waals surface area contributed by atoms with E-state index in [1.54, 1.807) is 23.1 Å². The average molecular weight is 509 g/mol. The molecule has 184 valence electrons. The van der Waals surface area contributed by atoms with Gasteiger partial charge in [-0.05, 0) is 87.8 Å². The quantitative estimate of drug-likeness (QED) is 0.554. The fraction of sp³-hybridized carbons (Fsp3) is 0.440. The number of piperidine rings is 1. The van der Waals surface area contributed by atoms with Crippen LogP contribution in [0.4, 0.5) is 10.1 Å². The molecule has 1 amide bonds. The second-order valence-corrected chi connectivity index (χ2v) is 11.5. The first kappa shape index (κ1) is 26.3. The molecule has 2 aliphatic heterocycles. The minimum Gasteiger partial charge on any atom is -0.310 e. The minimum absolute atomic E-state index is 0. The minimum atomic E-state index is -3.36. The van der Waals surface area contributed by atoms with Gasteiger partial charge in [0.05, 0.1) is 10.3 Å². The zero-order chi connectivity index (χ0) is 24.0. The number of likely N-dealkylation sites (tertiary alicyclic amines) is 1. The molecular formula is C25H30ClFN2O4S. The highest BCUT2D eigenvalue weighted by molar-refractivity contribution is 7.90. The summed E-state index contributed by atoms with van der Waals surface area (Å²) in [7, 11) is -3.36. The van der Waals surface area contributed by atoms with Gasteiger partial charge >= 0.3 is 0 Å². The Morgan fingerprint density at radius 2 is 1.68 bits per heavy atom. The highest BCUT2D eigenvalue weighted by atomic mass is 35.5. The lowest BCUT2D eigenvalue weighted by Crippen LogP contribution is -2.43. The molecule has 2 aromatic carbocycles. The van der Waals surface area contributed by atoms with Crippen molar-refractivity contribution in [2.24, 2.45) is 5.92 Å². The van der Waals surface area contributed by atoms with Crippen LogP contribution < -0.4 is 4.90 Å². The maximum atomic E-state index is 13.1. The van der Waals surface area contributed by atoms with Gasteiger partial charge < -0.3 is 9.80 Å². The summed E-state index contributed by atoms with van der Waals surface area (Å²) in [6.07, 6.45) is 2.62. The Labute approximate surface area is 206 Å². The van der Waals surface area contributed by atoms with Crippen molar-refractivity contribution in [2.75, 3.05) is 37.3 Å². The van der Waals surface area contributed by atoms with E-state index in [4.69, 9.17) is 0 Å². The van der Waals surface area contributed by atoms with E-state index in [1.165, 1.54) is 30.5 Å². The van der Waals surface area contributed by atoms with Gasteiger partial charge in [0.25, 0.3) is 0 Å². The third kappa shape index (κ3) is 5.04. The first-order chi connectivity index (χ1) is 15.5. The molecule has 1 fully saturated rings. The number of benzene rings is 2. The number of fused-ring (bicyclic) bond motifs is 1. The molecule has 1 saturated heterocycles. The van der Waals surface area contributed by atoms with E-state index in [0.29, 0.717) is 18.7 Å². The first-order valence-corrected chi connectivity index (χ1v) is 13.1. The van der Waals surface area contributed by atoms with Crippen molar-refractivity contribution in [2.45, 2.75) is 37.0 Å². The molecule has 0 aromatic heterocycles. The molecule has 2 aliphatic rings. The number of carbonyl (C=O) groups excluding carboxylic acids is 2. The summed E-state index contributed by atoms with van der Waals surface area (Å²) < 4.78 is 37.1. The van der Waals surface area contributed by atoms with Crippen molar-refractivity contribution in [3.05, 3.63) is 59.4 Å². The van der Waals surface area contributed by atoms with Crippen LogP contribution in [0.3, 0.4) is 0 Å². The van der Waals surface area contributed by atoms with Crippen LogP contribution in [-0.4, -0.2) is 57.4 Å². The highest BCUT2D eigenvalue weighted by Gasteiger charge is 2.44. The molecule has 6 nitrogen and oxygen atoms in total. The summed E-state index contributed by atoms with van der Waals surface area (Å²) in [5, 5.41) is 0. The lowest BCUT2D eigenvalue weighted by atomic mass is 9.86. The van der Waals surface area contributed by atoms with Crippen LogP contribution in [0.2, 0.25) is 0 Å². The van der Waals surface area contributed by atoms with Gasteiger partial charge in [0.15, 0.2) is 15.6 Å². The Morgan fingerprint density at radius 3 is 2.26 bits per heavy atom. The molecule has 0 aliphatic carbocycles. The van der Waals surface area contributed by atoms with Gasteiger partial charge in [0, 0.05) is 36.5 Å². The molecule has 0 radical (unpaired) electrons. The van der Waals surface area contributed by atoms with E-state index in [9.17, 15) is 22.4 Å². The number of rotatable bonds is 6. The predicted octanol–water partition coefficient (Wildman–Crippen LogP) is 3.87. The lowest BCUT2D eigenvalue weighted by Gasteiger charge is -2.32. The molecule has 4 rings (SSSR count). The smallest absolute Gasteiger partial charge is 0.237 e. The SMILES string of the molecule is CC1(C)C(=O)N(CCN2CCC(C(=O)c3ccc(F)cc3)CC2)c2ccc(S(C)(=O)=O)cc21.Cl. The molecular weight excluding hydrogens is 479 g/mol. The average Bonchev–Trinajstić information content (AvgIpc) is 2.97. The van der Waals surface area contributed by atoms with Gasteiger partial charge in [-0.2, -0.15) is 0 Å². The molecule has 9 heteroatoms. The number of hydrogen-bond acceptors (Lipinski definition) is 5. The topological polar surface area (TPSA) is 74.8 Å². The number of ketones is 1. The summed E-state index contributed by atoms with van der Waals surface area (Å²) in [5.41, 5.74) is 1.26. The Kier molecular flexibility index (Phi) is 7.55. The Hall–Kier alpha value is -2.29. The van der Waals surface area contributed by atoms with E-state index in [-0.39, 0.29) is 40.7 Å². The maximum absolute atomic E-state index is 13.1. The van der Waals surface area contributed by atoms with Crippen molar-refractivity contribution >= 4 is 39.6 Å². The maximum Gasteiger partial charge on any atom is 0.237 e. The van der Waals surface area contributed by atoms with Gasteiger partial charge in [-0.25, -0.2) is 12.8 Å². The van der Waals surface area contributed by atoms with E-state index >= 15 is 0 Å². The number of nitrogens with zero attached hydrogens (tertiary/aromatic N) is 2. The fourth-order valence-corrected chi connectivity index (χ4v) is 5.42. The van der Waals surface area contributed by atoms with Crippen LogP contribution in [0.25, 0.3) is 0 Å². The third-order valence-corrected chi connectivity index (χ3v) is 7.98. The molecule has 0 bridgehead atoms.